The van der Waals surface area contributed by atoms with E-state index in [2.05, 4.69) is 29.0 Å². The fourth-order valence-corrected chi connectivity index (χ4v) is 3.31. The van der Waals surface area contributed by atoms with Crippen LogP contribution in [0.4, 0.5) is 0 Å². The Hall–Kier alpha value is -2.18. The van der Waals surface area contributed by atoms with Crippen molar-refractivity contribution < 1.29 is 13.9 Å². The second-order valence-electron chi connectivity index (χ2n) is 6.78. The summed E-state index contributed by atoms with van der Waals surface area (Å²) in [6.45, 7) is 5.61. The van der Waals surface area contributed by atoms with Crippen LogP contribution in [0.3, 0.4) is 0 Å². The molecule has 6 heteroatoms. The number of ether oxygens (including phenoxy) is 2. The minimum Gasteiger partial charge on any atom is -0.455 e. The van der Waals surface area contributed by atoms with Gasteiger partial charge in [-0.3, -0.25) is 5.10 Å². The molecule has 4 rings (SSSR count). The average molecular weight is 341 g/mol. The molecule has 3 heterocycles. The third-order valence-electron chi connectivity index (χ3n) is 5.38. The molecule has 1 saturated heterocycles. The smallest absolute Gasteiger partial charge is 0.235 e. The van der Waals surface area contributed by atoms with Crippen LogP contribution in [0.5, 0.6) is 0 Å². The van der Waals surface area contributed by atoms with Gasteiger partial charge < -0.3 is 13.9 Å². The zero-order chi connectivity index (χ0) is 17.3. The van der Waals surface area contributed by atoms with E-state index in [1.165, 1.54) is 0 Å². The van der Waals surface area contributed by atoms with E-state index in [1.807, 2.05) is 30.3 Å². The van der Waals surface area contributed by atoms with E-state index in [9.17, 15) is 0 Å². The van der Waals surface area contributed by atoms with Crippen LogP contribution in [-0.2, 0) is 21.7 Å². The lowest BCUT2D eigenvalue weighted by Gasteiger charge is -2.44. The minimum absolute atomic E-state index is 0.0501. The van der Waals surface area contributed by atoms with Crippen molar-refractivity contribution in [3.05, 3.63) is 48.2 Å². The number of H-pyrrole nitrogens is 1. The second-order valence-corrected chi connectivity index (χ2v) is 6.78. The molecule has 0 unspecified atom stereocenters. The summed E-state index contributed by atoms with van der Waals surface area (Å²) < 4.78 is 18.8. The summed E-state index contributed by atoms with van der Waals surface area (Å²) in [5.41, 5.74) is 0.871. The monoisotopic (exact) mass is 341 g/mol. The van der Waals surface area contributed by atoms with Gasteiger partial charge in [-0.1, -0.05) is 32.0 Å². The van der Waals surface area contributed by atoms with Crippen LogP contribution in [0, 0.1) is 5.41 Å². The van der Waals surface area contributed by atoms with Gasteiger partial charge in [-0.2, -0.15) is 5.10 Å². The number of fused-ring (bicyclic) bond motifs is 1. The van der Waals surface area contributed by atoms with Crippen molar-refractivity contribution in [2.75, 3.05) is 13.2 Å². The molecule has 25 heavy (non-hydrogen) atoms. The van der Waals surface area contributed by atoms with E-state index >= 15 is 0 Å². The first kappa shape index (κ1) is 16.3. The molecule has 0 radical (unpaired) electrons. The van der Waals surface area contributed by atoms with Crippen molar-refractivity contribution in [3.63, 3.8) is 0 Å². The largest absolute Gasteiger partial charge is 0.455 e. The molecule has 2 aromatic heterocycles. The van der Waals surface area contributed by atoms with Crippen LogP contribution < -0.4 is 0 Å². The van der Waals surface area contributed by atoms with Gasteiger partial charge >= 0.3 is 0 Å². The summed E-state index contributed by atoms with van der Waals surface area (Å²) >= 11 is 0. The highest BCUT2D eigenvalue weighted by molar-refractivity contribution is 5.77. The van der Waals surface area contributed by atoms with Crippen LogP contribution in [0.15, 0.2) is 41.1 Å². The third-order valence-corrected chi connectivity index (χ3v) is 5.38. The van der Waals surface area contributed by atoms with Gasteiger partial charge in [-0.05, 0) is 25.0 Å². The lowest BCUT2D eigenvalue weighted by molar-refractivity contribution is -0.321. The van der Waals surface area contributed by atoms with E-state index < -0.39 is 5.79 Å². The molecular formula is C19H23N3O3. The number of nitrogens with one attached hydrogen (secondary N) is 1. The normalized spacial score (nSPS) is 19.3. The fraction of sp³-hybridized carbons (Fsp3) is 0.474. The third kappa shape index (κ3) is 2.85. The topological polar surface area (TPSA) is 73.2 Å². The number of hydrogen-bond acceptors (Lipinski definition) is 5. The summed E-state index contributed by atoms with van der Waals surface area (Å²) in [4.78, 5) is 4.24. The van der Waals surface area contributed by atoms with E-state index in [4.69, 9.17) is 13.9 Å². The summed E-state index contributed by atoms with van der Waals surface area (Å²) in [6, 6.07) is 9.91. The first-order valence-electron chi connectivity index (χ1n) is 8.80. The predicted octanol–water partition coefficient (Wildman–Crippen LogP) is 3.80. The highest BCUT2D eigenvalue weighted by Crippen LogP contribution is 2.43. The van der Waals surface area contributed by atoms with Gasteiger partial charge in [0.2, 0.25) is 5.79 Å². The van der Waals surface area contributed by atoms with Crippen molar-refractivity contribution in [1.82, 2.24) is 15.2 Å². The van der Waals surface area contributed by atoms with E-state index in [0.717, 1.165) is 23.8 Å². The van der Waals surface area contributed by atoms with Gasteiger partial charge in [0.15, 0.2) is 11.6 Å². The van der Waals surface area contributed by atoms with Crippen molar-refractivity contribution in [3.8, 4) is 0 Å². The molecule has 132 valence electrons. The Labute approximate surface area is 146 Å². The summed E-state index contributed by atoms with van der Waals surface area (Å²) in [6.07, 6.45) is 3.99. The van der Waals surface area contributed by atoms with Crippen molar-refractivity contribution in [1.29, 1.82) is 0 Å². The molecule has 3 aromatic rings. The fourth-order valence-electron chi connectivity index (χ4n) is 3.31. The second kappa shape index (κ2) is 6.28. The van der Waals surface area contributed by atoms with E-state index in [0.29, 0.717) is 31.2 Å². The first-order valence-corrected chi connectivity index (χ1v) is 8.80. The maximum Gasteiger partial charge on any atom is 0.235 e. The Morgan fingerprint density at radius 3 is 2.52 bits per heavy atom. The van der Waals surface area contributed by atoms with Crippen LogP contribution in [0.25, 0.3) is 11.0 Å². The zero-order valence-corrected chi connectivity index (χ0v) is 14.6. The Morgan fingerprint density at radius 1 is 1.12 bits per heavy atom. The van der Waals surface area contributed by atoms with Gasteiger partial charge in [-0.25, -0.2) is 4.98 Å². The summed E-state index contributed by atoms with van der Waals surface area (Å²) in [7, 11) is 0. The van der Waals surface area contributed by atoms with Crippen molar-refractivity contribution in [2.45, 2.75) is 38.9 Å². The highest BCUT2D eigenvalue weighted by Gasteiger charge is 2.47. The quantitative estimate of drug-likeness (QED) is 0.764. The molecule has 0 spiro atoms. The Morgan fingerprint density at radius 2 is 1.88 bits per heavy atom. The predicted molar refractivity (Wildman–Crippen MR) is 92.9 cm³/mol. The highest BCUT2D eigenvalue weighted by atomic mass is 16.7. The van der Waals surface area contributed by atoms with Crippen LogP contribution in [-0.4, -0.2) is 28.4 Å². The Bertz CT molecular complexity index is 794. The van der Waals surface area contributed by atoms with Crippen LogP contribution in [0.1, 0.15) is 38.3 Å². The molecule has 1 aromatic carbocycles. The van der Waals surface area contributed by atoms with Crippen LogP contribution in [0.2, 0.25) is 0 Å². The number of rotatable bonds is 5. The van der Waals surface area contributed by atoms with E-state index in [-0.39, 0.29) is 5.41 Å². The zero-order valence-electron chi connectivity index (χ0n) is 14.6. The molecule has 0 bridgehead atoms. The molecule has 1 N–H and O–H groups in total. The molecule has 0 amide bonds. The van der Waals surface area contributed by atoms with Gasteiger partial charge in [-0.15, -0.1) is 0 Å². The number of hydrogen-bond donors (Lipinski definition) is 1. The van der Waals surface area contributed by atoms with Gasteiger partial charge in [0, 0.05) is 10.8 Å². The number of nitrogens with zero attached hydrogens (tertiary/aromatic N) is 2. The molecule has 1 fully saturated rings. The van der Waals surface area contributed by atoms with Crippen molar-refractivity contribution >= 4 is 11.0 Å². The Kier molecular flexibility index (Phi) is 4.09. The number of para-hydroxylation sites is 1. The molecule has 0 aliphatic carbocycles. The lowest BCUT2D eigenvalue weighted by atomic mass is 9.83. The SMILES string of the molecule is CCC1(CC)COC(Cc2nc[nH]n2)(c2cc3ccccc3o2)OC1. The molecule has 0 saturated carbocycles. The number of aromatic nitrogens is 3. The molecule has 0 atom stereocenters. The lowest BCUT2D eigenvalue weighted by Crippen LogP contribution is -2.48. The number of benzene rings is 1. The molecular weight excluding hydrogens is 318 g/mol. The average Bonchev–Trinajstić information content (AvgIpc) is 3.32. The summed E-state index contributed by atoms with van der Waals surface area (Å²) in [5, 5.41) is 7.95. The maximum atomic E-state index is 6.34. The van der Waals surface area contributed by atoms with Gasteiger partial charge in [0.05, 0.1) is 19.6 Å². The van der Waals surface area contributed by atoms with Gasteiger partial charge in [0.1, 0.15) is 11.9 Å². The van der Waals surface area contributed by atoms with Crippen LogP contribution >= 0.6 is 0 Å². The molecule has 1 aliphatic heterocycles. The first-order chi connectivity index (χ1) is 12.2. The van der Waals surface area contributed by atoms with Crippen molar-refractivity contribution in [2.24, 2.45) is 5.41 Å². The molecule has 6 nitrogen and oxygen atoms in total. The van der Waals surface area contributed by atoms with E-state index in [1.54, 1.807) is 6.33 Å². The summed E-state index contributed by atoms with van der Waals surface area (Å²) in [5.74, 6) is 0.315. The van der Waals surface area contributed by atoms with Gasteiger partial charge in [0.25, 0.3) is 0 Å². The standard InChI is InChI=1S/C19H23N3O3/c1-3-18(4-2)11-23-19(24-12-18,10-17-20-13-21-22-17)16-9-14-7-5-6-8-15(14)25-16/h5-9,13H,3-4,10-12H2,1-2H3,(H,20,21,22). The number of furan rings is 1. The minimum atomic E-state index is -0.991. The Balaban J connectivity index is 1.72. The molecule has 1 aliphatic rings. The maximum absolute atomic E-state index is 6.34. The number of aromatic amines is 1.